The average molecular weight is 289 g/mol. The standard InChI is InChI=1S/C15H19N3O3/c1-21-15(20)11-7-9(16)4-5-12(11)18-6-2-3-10-13(18)8-17-14(10)19/h4-5,7,10,13H,2-3,6,8,16H2,1H3,(H,17,19). The number of anilines is 2. The molecule has 0 aliphatic carbocycles. The number of nitrogens with one attached hydrogen (secondary N) is 1. The number of esters is 1. The monoisotopic (exact) mass is 289 g/mol. The topological polar surface area (TPSA) is 84.7 Å². The summed E-state index contributed by atoms with van der Waals surface area (Å²) >= 11 is 0. The molecule has 3 N–H and O–H groups in total. The minimum Gasteiger partial charge on any atom is -0.465 e. The molecular weight excluding hydrogens is 270 g/mol. The number of piperidine rings is 1. The van der Waals surface area contributed by atoms with E-state index in [1.54, 1.807) is 12.1 Å². The van der Waals surface area contributed by atoms with Gasteiger partial charge in [-0.15, -0.1) is 0 Å². The lowest BCUT2D eigenvalue weighted by molar-refractivity contribution is -0.122. The molecule has 2 unspecified atom stereocenters. The highest BCUT2D eigenvalue weighted by molar-refractivity contribution is 5.97. The van der Waals surface area contributed by atoms with Crippen molar-refractivity contribution in [3.63, 3.8) is 0 Å². The summed E-state index contributed by atoms with van der Waals surface area (Å²) in [5.74, 6) is -0.293. The molecule has 0 radical (unpaired) electrons. The van der Waals surface area contributed by atoms with Gasteiger partial charge in [0.05, 0.1) is 30.3 Å². The number of fused-ring (bicyclic) bond motifs is 1. The van der Waals surface area contributed by atoms with E-state index < -0.39 is 5.97 Å². The van der Waals surface area contributed by atoms with E-state index in [0.717, 1.165) is 25.1 Å². The number of rotatable bonds is 2. The van der Waals surface area contributed by atoms with Gasteiger partial charge in [-0.25, -0.2) is 4.79 Å². The molecule has 1 aromatic rings. The predicted octanol–water partition coefficient (Wildman–Crippen LogP) is 0.770. The molecule has 1 aromatic carbocycles. The van der Waals surface area contributed by atoms with Crippen molar-refractivity contribution in [3.05, 3.63) is 23.8 Å². The number of nitrogens with two attached hydrogens (primary N) is 1. The number of nitrogens with zero attached hydrogens (tertiary/aromatic N) is 1. The van der Waals surface area contributed by atoms with Gasteiger partial charge in [-0.3, -0.25) is 4.79 Å². The summed E-state index contributed by atoms with van der Waals surface area (Å²) < 4.78 is 4.85. The number of carbonyl (C=O) groups is 2. The molecule has 2 atom stereocenters. The first-order chi connectivity index (χ1) is 10.1. The van der Waals surface area contributed by atoms with Gasteiger partial charge in [-0.1, -0.05) is 0 Å². The molecule has 21 heavy (non-hydrogen) atoms. The summed E-state index contributed by atoms with van der Waals surface area (Å²) in [5, 5.41) is 2.91. The Morgan fingerprint density at radius 2 is 2.29 bits per heavy atom. The van der Waals surface area contributed by atoms with Gasteiger partial charge in [-0.2, -0.15) is 0 Å². The molecule has 112 valence electrons. The van der Waals surface area contributed by atoms with Crippen LogP contribution in [0.5, 0.6) is 0 Å². The molecular formula is C15H19N3O3. The molecule has 0 spiro atoms. The quantitative estimate of drug-likeness (QED) is 0.620. The second kappa shape index (κ2) is 5.27. The molecule has 0 bridgehead atoms. The smallest absolute Gasteiger partial charge is 0.340 e. The fourth-order valence-corrected chi connectivity index (χ4v) is 3.33. The number of ether oxygens (including phenoxy) is 1. The maximum absolute atomic E-state index is 12.0. The van der Waals surface area contributed by atoms with Crippen molar-refractivity contribution in [1.82, 2.24) is 5.32 Å². The molecule has 0 aromatic heterocycles. The third-order valence-electron chi connectivity index (χ3n) is 4.34. The summed E-state index contributed by atoms with van der Waals surface area (Å²) in [7, 11) is 1.36. The number of carbonyl (C=O) groups excluding carboxylic acids is 2. The third kappa shape index (κ3) is 2.30. The summed E-state index contributed by atoms with van der Waals surface area (Å²) in [5.41, 5.74) is 7.56. The second-order valence-electron chi connectivity index (χ2n) is 5.52. The van der Waals surface area contributed by atoms with E-state index >= 15 is 0 Å². The zero-order chi connectivity index (χ0) is 15.0. The Labute approximate surface area is 123 Å². The molecule has 1 amide bonds. The van der Waals surface area contributed by atoms with Gasteiger partial charge < -0.3 is 20.7 Å². The highest BCUT2D eigenvalue weighted by Crippen LogP contribution is 2.34. The maximum Gasteiger partial charge on any atom is 0.340 e. The average Bonchev–Trinajstić information content (AvgIpc) is 2.88. The molecule has 6 heteroatoms. The number of benzene rings is 1. The van der Waals surface area contributed by atoms with Crippen LogP contribution < -0.4 is 16.0 Å². The summed E-state index contributed by atoms with van der Waals surface area (Å²) in [6, 6.07) is 5.34. The molecule has 2 aliphatic rings. The van der Waals surface area contributed by atoms with Crippen LogP contribution in [0.15, 0.2) is 18.2 Å². The van der Waals surface area contributed by atoms with Gasteiger partial charge in [0.1, 0.15) is 0 Å². The Bertz CT molecular complexity index is 588. The molecule has 3 rings (SSSR count). The van der Waals surface area contributed by atoms with E-state index in [1.165, 1.54) is 7.11 Å². The predicted molar refractivity (Wildman–Crippen MR) is 79.1 cm³/mol. The van der Waals surface area contributed by atoms with Crippen LogP contribution in [0.3, 0.4) is 0 Å². The van der Waals surface area contributed by atoms with Crippen molar-refractivity contribution >= 4 is 23.3 Å². The van der Waals surface area contributed by atoms with Crippen LogP contribution in [-0.2, 0) is 9.53 Å². The van der Waals surface area contributed by atoms with Crippen molar-refractivity contribution in [3.8, 4) is 0 Å². The molecule has 2 saturated heterocycles. The molecule has 2 fully saturated rings. The largest absolute Gasteiger partial charge is 0.465 e. The van der Waals surface area contributed by atoms with Gasteiger partial charge >= 0.3 is 5.97 Å². The van der Waals surface area contributed by atoms with E-state index in [9.17, 15) is 9.59 Å². The van der Waals surface area contributed by atoms with Crippen LogP contribution in [0.1, 0.15) is 23.2 Å². The van der Waals surface area contributed by atoms with Crippen molar-refractivity contribution in [2.24, 2.45) is 5.92 Å². The normalized spacial score (nSPS) is 24.4. The fraction of sp³-hybridized carbons (Fsp3) is 0.467. The van der Waals surface area contributed by atoms with Gasteiger partial charge in [0.2, 0.25) is 5.91 Å². The third-order valence-corrected chi connectivity index (χ3v) is 4.34. The number of hydrogen-bond donors (Lipinski definition) is 2. The molecule has 0 saturated carbocycles. The van der Waals surface area contributed by atoms with Gasteiger partial charge in [0, 0.05) is 18.8 Å². The van der Waals surface area contributed by atoms with E-state index in [2.05, 4.69) is 10.2 Å². The minimum atomic E-state index is -0.406. The summed E-state index contributed by atoms with van der Waals surface area (Å²) in [6.45, 7) is 1.44. The van der Waals surface area contributed by atoms with Crippen molar-refractivity contribution in [1.29, 1.82) is 0 Å². The Hall–Kier alpha value is -2.24. The highest BCUT2D eigenvalue weighted by Gasteiger charge is 2.41. The Balaban J connectivity index is 1.99. The van der Waals surface area contributed by atoms with Crippen LogP contribution in [0.25, 0.3) is 0 Å². The highest BCUT2D eigenvalue weighted by atomic mass is 16.5. The Morgan fingerprint density at radius 3 is 3.05 bits per heavy atom. The zero-order valence-electron chi connectivity index (χ0n) is 12.0. The first-order valence-electron chi connectivity index (χ1n) is 7.14. The van der Waals surface area contributed by atoms with E-state index in [4.69, 9.17) is 10.5 Å². The number of hydrogen-bond acceptors (Lipinski definition) is 5. The van der Waals surface area contributed by atoms with E-state index in [1.807, 2.05) is 6.07 Å². The Morgan fingerprint density at radius 1 is 1.48 bits per heavy atom. The lowest BCUT2D eigenvalue weighted by Crippen LogP contribution is -2.46. The molecule has 2 heterocycles. The van der Waals surface area contributed by atoms with Crippen molar-refractivity contribution in [2.75, 3.05) is 30.8 Å². The second-order valence-corrected chi connectivity index (χ2v) is 5.52. The van der Waals surface area contributed by atoms with Crippen molar-refractivity contribution in [2.45, 2.75) is 18.9 Å². The SMILES string of the molecule is COC(=O)c1cc(N)ccc1N1CCCC2C(=O)NCC21. The summed E-state index contributed by atoms with van der Waals surface area (Å²) in [4.78, 5) is 26.0. The van der Waals surface area contributed by atoms with Crippen LogP contribution in [-0.4, -0.2) is 38.1 Å². The number of amides is 1. The lowest BCUT2D eigenvalue weighted by atomic mass is 9.90. The zero-order valence-corrected chi connectivity index (χ0v) is 12.0. The van der Waals surface area contributed by atoms with Crippen LogP contribution in [0.2, 0.25) is 0 Å². The maximum atomic E-state index is 12.0. The summed E-state index contributed by atoms with van der Waals surface area (Å²) in [6.07, 6.45) is 1.83. The Kier molecular flexibility index (Phi) is 3.45. The van der Waals surface area contributed by atoms with Gasteiger partial charge in [-0.05, 0) is 31.0 Å². The lowest BCUT2D eigenvalue weighted by Gasteiger charge is -2.38. The van der Waals surface area contributed by atoms with E-state index in [0.29, 0.717) is 17.8 Å². The van der Waals surface area contributed by atoms with Gasteiger partial charge in [0.15, 0.2) is 0 Å². The fourth-order valence-electron chi connectivity index (χ4n) is 3.33. The molecule has 2 aliphatic heterocycles. The van der Waals surface area contributed by atoms with Gasteiger partial charge in [0.25, 0.3) is 0 Å². The first-order valence-corrected chi connectivity index (χ1v) is 7.14. The van der Waals surface area contributed by atoms with E-state index in [-0.39, 0.29) is 17.9 Å². The first kappa shape index (κ1) is 13.7. The van der Waals surface area contributed by atoms with Crippen LogP contribution >= 0.6 is 0 Å². The number of methoxy groups -OCH3 is 1. The molecule has 6 nitrogen and oxygen atoms in total. The minimum absolute atomic E-state index is 0.00167. The number of nitrogen functional groups attached to an aromatic ring is 1. The van der Waals surface area contributed by atoms with Crippen LogP contribution in [0.4, 0.5) is 11.4 Å². The van der Waals surface area contributed by atoms with Crippen molar-refractivity contribution < 1.29 is 14.3 Å². The van der Waals surface area contributed by atoms with Crippen LogP contribution in [0, 0.1) is 5.92 Å².